The highest BCUT2D eigenvalue weighted by Gasteiger charge is 1.94. The molecule has 0 aromatic heterocycles. The van der Waals surface area contributed by atoms with Crippen LogP contribution in [0.5, 0.6) is 0 Å². The molecule has 0 atom stereocenters. The fraction of sp³-hybridized carbons (Fsp3) is 0.462. The van der Waals surface area contributed by atoms with Gasteiger partial charge in [0, 0.05) is 18.1 Å². The lowest BCUT2D eigenvalue weighted by Crippen LogP contribution is -2.33. The Morgan fingerprint density at radius 1 is 1.33 bits per heavy atom. The van der Waals surface area contributed by atoms with Crippen LogP contribution in [0.2, 0.25) is 5.02 Å². The number of aliphatic imine (C=N–C) groups is 1. The Kier molecular flexibility index (Phi) is 10.2. The zero-order valence-electron chi connectivity index (χ0n) is 10.7. The van der Waals surface area contributed by atoms with Gasteiger partial charge in [0.2, 0.25) is 0 Å². The van der Waals surface area contributed by atoms with Crippen molar-refractivity contribution in [2.24, 2.45) is 10.7 Å². The molecule has 0 aliphatic rings. The van der Waals surface area contributed by atoms with Crippen molar-refractivity contribution in [2.75, 3.05) is 13.1 Å². The van der Waals surface area contributed by atoms with Crippen LogP contribution in [0.3, 0.4) is 0 Å². The fourth-order valence-electron chi connectivity index (χ4n) is 1.40. The predicted octanol–water partition coefficient (Wildman–Crippen LogP) is 3.20. The van der Waals surface area contributed by atoms with Crippen molar-refractivity contribution in [3.8, 4) is 0 Å². The van der Waals surface area contributed by atoms with Gasteiger partial charge in [-0.2, -0.15) is 0 Å². The summed E-state index contributed by atoms with van der Waals surface area (Å²) in [7, 11) is 0. The minimum atomic E-state index is 0. The quantitative estimate of drug-likeness (QED) is 0.344. The number of hydrogen-bond acceptors (Lipinski definition) is 1. The molecule has 0 amide bonds. The second-order valence-corrected chi connectivity index (χ2v) is 4.36. The highest BCUT2D eigenvalue weighted by molar-refractivity contribution is 14.0. The van der Waals surface area contributed by atoms with Gasteiger partial charge in [-0.3, -0.25) is 4.99 Å². The Bertz CT molecular complexity index is 352. The molecular formula is C13H21ClIN3. The van der Waals surface area contributed by atoms with E-state index in [1.54, 1.807) is 0 Å². The molecule has 5 heteroatoms. The van der Waals surface area contributed by atoms with E-state index in [2.05, 4.69) is 17.2 Å². The summed E-state index contributed by atoms with van der Waals surface area (Å²) in [6, 6.07) is 7.84. The van der Waals surface area contributed by atoms with Crippen LogP contribution < -0.4 is 11.1 Å². The van der Waals surface area contributed by atoms with E-state index in [1.165, 1.54) is 5.56 Å². The van der Waals surface area contributed by atoms with Crippen molar-refractivity contribution in [2.45, 2.75) is 26.2 Å². The zero-order valence-corrected chi connectivity index (χ0v) is 13.7. The van der Waals surface area contributed by atoms with Crippen LogP contribution in [0.15, 0.2) is 29.3 Å². The second kappa shape index (κ2) is 10.4. The van der Waals surface area contributed by atoms with Crippen LogP contribution >= 0.6 is 35.6 Å². The number of nitrogens with zero attached hydrogens (tertiary/aromatic N) is 1. The molecule has 1 rings (SSSR count). The number of rotatable bonds is 6. The predicted molar refractivity (Wildman–Crippen MR) is 90.0 cm³/mol. The first kappa shape index (κ1) is 17.5. The Balaban J connectivity index is 0.00000289. The average molecular weight is 382 g/mol. The maximum absolute atomic E-state index is 5.81. The average Bonchev–Trinajstić information content (AvgIpc) is 2.32. The summed E-state index contributed by atoms with van der Waals surface area (Å²) < 4.78 is 0. The van der Waals surface area contributed by atoms with Crippen molar-refractivity contribution in [1.29, 1.82) is 0 Å². The van der Waals surface area contributed by atoms with E-state index in [9.17, 15) is 0 Å². The van der Waals surface area contributed by atoms with Gasteiger partial charge in [0.15, 0.2) is 5.96 Å². The summed E-state index contributed by atoms with van der Waals surface area (Å²) >= 11 is 5.81. The van der Waals surface area contributed by atoms with E-state index < -0.39 is 0 Å². The van der Waals surface area contributed by atoms with Crippen LogP contribution in [0, 0.1) is 0 Å². The molecule has 0 bridgehead atoms. The third kappa shape index (κ3) is 7.76. The summed E-state index contributed by atoms with van der Waals surface area (Å²) in [5.41, 5.74) is 6.96. The Labute approximate surface area is 131 Å². The van der Waals surface area contributed by atoms with Gasteiger partial charge in [0.05, 0.1) is 0 Å². The molecule has 0 spiro atoms. The van der Waals surface area contributed by atoms with Gasteiger partial charge in [0.1, 0.15) is 0 Å². The minimum absolute atomic E-state index is 0. The number of nitrogens with two attached hydrogens (primary N) is 1. The first-order valence-electron chi connectivity index (χ1n) is 6.00. The lowest BCUT2D eigenvalue weighted by molar-refractivity contribution is 0.791. The molecule has 3 nitrogen and oxygen atoms in total. The van der Waals surface area contributed by atoms with Crippen LogP contribution in [0.4, 0.5) is 0 Å². The molecular weight excluding hydrogens is 361 g/mol. The first-order valence-corrected chi connectivity index (χ1v) is 6.38. The number of halogens is 2. The van der Waals surface area contributed by atoms with Gasteiger partial charge >= 0.3 is 0 Å². The highest BCUT2D eigenvalue weighted by Crippen LogP contribution is 2.09. The SMILES string of the molecule is CCCCN=C(N)NCCc1ccc(Cl)cc1.I. The molecule has 1 aromatic rings. The van der Waals surface area contributed by atoms with Crippen LogP contribution in [0.25, 0.3) is 0 Å². The second-order valence-electron chi connectivity index (χ2n) is 3.92. The Hall–Kier alpha value is -0.490. The number of unbranched alkanes of at least 4 members (excludes halogenated alkanes) is 1. The molecule has 1 aromatic carbocycles. The summed E-state index contributed by atoms with van der Waals surface area (Å²) in [5, 5.41) is 3.87. The van der Waals surface area contributed by atoms with Crippen molar-refractivity contribution >= 4 is 41.5 Å². The van der Waals surface area contributed by atoms with Gasteiger partial charge in [-0.05, 0) is 30.5 Å². The lowest BCUT2D eigenvalue weighted by Gasteiger charge is -2.05. The standard InChI is InChI=1S/C13H20ClN3.HI/c1-2-3-9-16-13(15)17-10-8-11-4-6-12(14)7-5-11;/h4-7H,2-3,8-10H2,1H3,(H3,15,16,17);1H. The smallest absolute Gasteiger partial charge is 0.188 e. The van der Waals surface area contributed by atoms with Crippen molar-refractivity contribution in [3.05, 3.63) is 34.9 Å². The molecule has 102 valence electrons. The molecule has 0 aliphatic heterocycles. The van der Waals surface area contributed by atoms with E-state index in [4.69, 9.17) is 17.3 Å². The van der Waals surface area contributed by atoms with E-state index in [-0.39, 0.29) is 24.0 Å². The third-order valence-electron chi connectivity index (χ3n) is 2.43. The third-order valence-corrected chi connectivity index (χ3v) is 2.68. The molecule has 0 saturated carbocycles. The monoisotopic (exact) mass is 381 g/mol. The van der Waals surface area contributed by atoms with E-state index in [1.807, 2.05) is 24.3 Å². The van der Waals surface area contributed by atoms with Gasteiger partial charge in [-0.1, -0.05) is 37.1 Å². The summed E-state index contributed by atoms with van der Waals surface area (Å²) in [5.74, 6) is 0.535. The van der Waals surface area contributed by atoms with Crippen LogP contribution in [-0.2, 0) is 6.42 Å². The van der Waals surface area contributed by atoms with Crippen LogP contribution in [0.1, 0.15) is 25.3 Å². The maximum atomic E-state index is 5.81. The Morgan fingerprint density at radius 3 is 2.61 bits per heavy atom. The van der Waals surface area contributed by atoms with Gasteiger partial charge in [-0.15, -0.1) is 24.0 Å². The fourth-order valence-corrected chi connectivity index (χ4v) is 1.53. The van der Waals surface area contributed by atoms with Crippen molar-refractivity contribution in [3.63, 3.8) is 0 Å². The first-order chi connectivity index (χ1) is 8.22. The van der Waals surface area contributed by atoms with Crippen molar-refractivity contribution in [1.82, 2.24) is 5.32 Å². The number of nitrogens with one attached hydrogen (secondary N) is 1. The number of hydrogen-bond donors (Lipinski definition) is 2. The molecule has 18 heavy (non-hydrogen) atoms. The summed E-state index contributed by atoms with van der Waals surface area (Å²) in [6.45, 7) is 3.74. The largest absolute Gasteiger partial charge is 0.370 e. The van der Waals surface area contributed by atoms with Gasteiger partial charge in [-0.25, -0.2) is 0 Å². The minimum Gasteiger partial charge on any atom is -0.370 e. The normalized spacial score (nSPS) is 10.9. The lowest BCUT2D eigenvalue weighted by atomic mass is 10.1. The van der Waals surface area contributed by atoms with Gasteiger partial charge < -0.3 is 11.1 Å². The topological polar surface area (TPSA) is 50.4 Å². The van der Waals surface area contributed by atoms with E-state index in [0.29, 0.717) is 5.96 Å². The summed E-state index contributed by atoms with van der Waals surface area (Å²) in [6.07, 6.45) is 3.14. The van der Waals surface area contributed by atoms with Gasteiger partial charge in [0.25, 0.3) is 0 Å². The molecule has 0 heterocycles. The number of benzene rings is 1. The number of guanidine groups is 1. The molecule has 0 unspecified atom stereocenters. The summed E-state index contributed by atoms with van der Waals surface area (Å²) in [4.78, 5) is 4.22. The molecule has 3 N–H and O–H groups in total. The van der Waals surface area contributed by atoms with Crippen LogP contribution in [-0.4, -0.2) is 19.0 Å². The maximum Gasteiger partial charge on any atom is 0.188 e. The van der Waals surface area contributed by atoms with Crippen molar-refractivity contribution < 1.29 is 0 Å². The highest BCUT2D eigenvalue weighted by atomic mass is 127. The molecule has 0 fully saturated rings. The molecule has 0 aliphatic carbocycles. The molecule has 0 saturated heterocycles. The zero-order chi connectivity index (χ0) is 12.5. The Morgan fingerprint density at radius 2 is 2.00 bits per heavy atom. The molecule has 0 radical (unpaired) electrons. The van der Waals surface area contributed by atoms with E-state index in [0.717, 1.165) is 37.4 Å². The van der Waals surface area contributed by atoms with E-state index >= 15 is 0 Å².